The molecule has 0 amide bonds. The molecule has 0 fully saturated rings. The molecule has 0 aliphatic carbocycles. The summed E-state index contributed by atoms with van der Waals surface area (Å²) in [5.74, 6) is 0.577. The highest BCUT2D eigenvalue weighted by Crippen LogP contribution is 2.21. The van der Waals surface area contributed by atoms with Crippen molar-refractivity contribution in [3.63, 3.8) is 0 Å². The third-order valence-corrected chi connectivity index (χ3v) is 3.26. The van der Waals surface area contributed by atoms with Gasteiger partial charge in [-0.15, -0.1) is 0 Å². The molecule has 1 heterocycles. The van der Waals surface area contributed by atoms with Crippen molar-refractivity contribution in [1.82, 2.24) is 9.78 Å². The van der Waals surface area contributed by atoms with Crippen molar-refractivity contribution in [3.05, 3.63) is 47.8 Å². The maximum absolute atomic E-state index is 4.19. The van der Waals surface area contributed by atoms with Crippen molar-refractivity contribution in [3.8, 4) is 0 Å². The lowest BCUT2D eigenvalue weighted by Crippen LogP contribution is -2.11. The molecular weight excluding hydrogens is 222 g/mol. The Morgan fingerprint density at radius 3 is 2.22 bits per heavy atom. The van der Waals surface area contributed by atoms with Gasteiger partial charge in [-0.25, -0.2) is 0 Å². The van der Waals surface area contributed by atoms with Gasteiger partial charge >= 0.3 is 0 Å². The number of rotatable bonds is 4. The first-order valence-corrected chi connectivity index (χ1v) is 6.42. The quantitative estimate of drug-likeness (QED) is 0.887. The minimum Gasteiger partial charge on any atom is -0.377 e. The summed E-state index contributed by atoms with van der Waals surface area (Å²) in [6.07, 6.45) is 1.83. The van der Waals surface area contributed by atoms with Crippen LogP contribution in [0.15, 0.2) is 36.5 Å². The van der Waals surface area contributed by atoms with E-state index in [2.05, 4.69) is 55.5 Å². The van der Waals surface area contributed by atoms with Gasteiger partial charge in [0.1, 0.15) is 0 Å². The van der Waals surface area contributed by atoms with Crippen LogP contribution in [-0.4, -0.2) is 9.78 Å². The molecule has 2 rings (SSSR count). The van der Waals surface area contributed by atoms with E-state index in [0.29, 0.717) is 5.92 Å². The van der Waals surface area contributed by atoms with Crippen LogP contribution in [0.2, 0.25) is 0 Å². The van der Waals surface area contributed by atoms with Gasteiger partial charge in [-0.3, -0.25) is 4.68 Å². The Balaban J connectivity index is 2.08. The number of aromatic nitrogens is 2. The summed E-state index contributed by atoms with van der Waals surface area (Å²) in [4.78, 5) is 0. The van der Waals surface area contributed by atoms with E-state index in [1.54, 1.807) is 0 Å². The number of aryl methyl sites for hydroxylation is 1. The van der Waals surface area contributed by atoms with E-state index in [9.17, 15) is 0 Å². The first-order valence-electron chi connectivity index (χ1n) is 6.42. The molecule has 1 aromatic heterocycles. The van der Waals surface area contributed by atoms with E-state index in [1.165, 1.54) is 11.3 Å². The first-order chi connectivity index (χ1) is 8.58. The monoisotopic (exact) mass is 243 g/mol. The highest BCUT2D eigenvalue weighted by Gasteiger charge is 2.09. The molecule has 1 aromatic carbocycles. The minimum absolute atomic E-state index is 0.252. The summed E-state index contributed by atoms with van der Waals surface area (Å²) in [5, 5.41) is 7.68. The van der Waals surface area contributed by atoms with Crippen LogP contribution >= 0.6 is 0 Å². The second-order valence-corrected chi connectivity index (χ2v) is 5.02. The highest BCUT2D eigenvalue weighted by atomic mass is 15.3. The fourth-order valence-electron chi connectivity index (χ4n) is 2.10. The SMILES string of the molecule is CC(C)c1ccc(NC(C)c2ccnn2C)cc1. The number of anilines is 1. The van der Waals surface area contributed by atoms with E-state index in [1.807, 2.05) is 24.0 Å². The Morgan fingerprint density at radius 1 is 1.06 bits per heavy atom. The van der Waals surface area contributed by atoms with Gasteiger partial charge in [0.2, 0.25) is 0 Å². The fourth-order valence-corrected chi connectivity index (χ4v) is 2.10. The van der Waals surface area contributed by atoms with Crippen LogP contribution in [0.1, 0.15) is 44.0 Å². The molecule has 96 valence electrons. The predicted octanol–water partition coefficient (Wildman–Crippen LogP) is 3.72. The predicted molar refractivity (Wildman–Crippen MR) is 75.8 cm³/mol. The second-order valence-electron chi connectivity index (χ2n) is 5.02. The Hall–Kier alpha value is -1.77. The van der Waals surface area contributed by atoms with Crippen LogP contribution in [0.25, 0.3) is 0 Å². The number of hydrogen-bond acceptors (Lipinski definition) is 2. The Bertz CT molecular complexity index is 497. The van der Waals surface area contributed by atoms with Gasteiger partial charge in [0.25, 0.3) is 0 Å². The van der Waals surface area contributed by atoms with Crippen molar-refractivity contribution in [2.45, 2.75) is 32.7 Å². The Kier molecular flexibility index (Phi) is 3.70. The van der Waals surface area contributed by atoms with Gasteiger partial charge in [-0.1, -0.05) is 26.0 Å². The molecule has 1 N–H and O–H groups in total. The summed E-state index contributed by atoms with van der Waals surface area (Å²) in [6, 6.07) is 10.9. The molecule has 0 aliphatic rings. The summed E-state index contributed by atoms with van der Waals surface area (Å²) >= 11 is 0. The van der Waals surface area contributed by atoms with Gasteiger partial charge in [-0.2, -0.15) is 5.10 Å². The van der Waals surface area contributed by atoms with Crippen LogP contribution in [0.4, 0.5) is 5.69 Å². The molecule has 2 aromatic rings. The van der Waals surface area contributed by atoms with Crippen molar-refractivity contribution in [2.75, 3.05) is 5.32 Å². The topological polar surface area (TPSA) is 29.9 Å². The molecule has 0 aliphatic heterocycles. The normalized spacial score (nSPS) is 12.7. The third kappa shape index (κ3) is 2.73. The average molecular weight is 243 g/mol. The largest absolute Gasteiger partial charge is 0.377 e. The number of benzene rings is 1. The second kappa shape index (κ2) is 5.25. The lowest BCUT2D eigenvalue weighted by Gasteiger charge is -2.16. The van der Waals surface area contributed by atoms with E-state index < -0.39 is 0 Å². The molecule has 1 atom stereocenters. The van der Waals surface area contributed by atoms with E-state index in [0.717, 1.165) is 5.69 Å². The molecular formula is C15H21N3. The van der Waals surface area contributed by atoms with Crippen LogP contribution in [0.3, 0.4) is 0 Å². The molecule has 0 spiro atoms. The van der Waals surface area contributed by atoms with Gasteiger partial charge < -0.3 is 5.32 Å². The number of nitrogens with zero attached hydrogens (tertiary/aromatic N) is 2. The lowest BCUT2D eigenvalue weighted by molar-refractivity contribution is 0.676. The maximum Gasteiger partial charge on any atom is 0.0653 e. The molecule has 0 radical (unpaired) electrons. The van der Waals surface area contributed by atoms with Gasteiger partial charge in [0.05, 0.1) is 11.7 Å². The summed E-state index contributed by atoms with van der Waals surface area (Å²) < 4.78 is 1.90. The summed E-state index contributed by atoms with van der Waals surface area (Å²) in [6.45, 7) is 6.56. The van der Waals surface area contributed by atoms with Crippen molar-refractivity contribution >= 4 is 5.69 Å². The maximum atomic E-state index is 4.19. The zero-order valence-electron chi connectivity index (χ0n) is 11.5. The van der Waals surface area contributed by atoms with Crippen molar-refractivity contribution in [1.29, 1.82) is 0 Å². The molecule has 0 bridgehead atoms. The Morgan fingerprint density at radius 2 is 1.72 bits per heavy atom. The Labute approximate surface area is 109 Å². The highest BCUT2D eigenvalue weighted by molar-refractivity contribution is 5.46. The fraction of sp³-hybridized carbons (Fsp3) is 0.400. The van der Waals surface area contributed by atoms with Crippen LogP contribution in [0.5, 0.6) is 0 Å². The molecule has 0 saturated heterocycles. The zero-order chi connectivity index (χ0) is 13.1. The molecule has 3 heteroatoms. The first kappa shape index (κ1) is 12.7. The van der Waals surface area contributed by atoms with Gasteiger partial charge in [0.15, 0.2) is 0 Å². The number of nitrogens with one attached hydrogen (secondary N) is 1. The van der Waals surface area contributed by atoms with E-state index >= 15 is 0 Å². The number of hydrogen-bond donors (Lipinski definition) is 1. The van der Waals surface area contributed by atoms with E-state index in [-0.39, 0.29) is 6.04 Å². The zero-order valence-corrected chi connectivity index (χ0v) is 11.5. The third-order valence-electron chi connectivity index (χ3n) is 3.26. The van der Waals surface area contributed by atoms with Gasteiger partial charge in [-0.05, 0) is 36.6 Å². The van der Waals surface area contributed by atoms with Crippen molar-refractivity contribution in [2.24, 2.45) is 7.05 Å². The van der Waals surface area contributed by atoms with Crippen molar-refractivity contribution < 1.29 is 0 Å². The van der Waals surface area contributed by atoms with Gasteiger partial charge in [0, 0.05) is 18.9 Å². The van der Waals surface area contributed by atoms with Crippen LogP contribution in [0, 0.1) is 0 Å². The summed E-state index contributed by atoms with van der Waals surface area (Å²) in [7, 11) is 1.97. The van der Waals surface area contributed by atoms with E-state index in [4.69, 9.17) is 0 Å². The molecule has 18 heavy (non-hydrogen) atoms. The summed E-state index contributed by atoms with van der Waals surface area (Å²) in [5.41, 5.74) is 3.70. The smallest absolute Gasteiger partial charge is 0.0653 e. The molecule has 3 nitrogen and oxygen atoms in total. The lowest BCUT2D eigenvalue weighted by atomic mass is 10.0. The minimum atomic E-state index is 0.252. The standard InChI is InChI=1S/C15H21N3/c1-11(2)13-5-7-14(8-6-13)17-12(3)15-9-10-16-18(15)4/h5-12,17H,1-4H3. The van der Waals surface area contributed by atoms with Crippen LogP contribution in [-0.2, 0) is 7.05 Å². The molecule has 0 saturated carbocycles. The van der Waals surface area contributed by atoms with Crippen LogP contribution < -0.4 is 5.32 Å². The molecule has 1 unspecified atom stereocenters. The average Bonchev–Trinajstić information content (AvgIpc) is 2.76.